The van der Waals surface area contributed by atoms with Gasteiger partial charge < -0.3 is 25.2 Å². The smallest absolute Gasteiger partial charge is 0.414 e. The van der Waals surface area contributed by atoms with Gasteiger partial charge in [-0.15, -0.1) is 0 Å². The van der Waals surface area contributed by atoms with Crippen molar-refractivity contribution in [1.29, 1.82) is 0 Å². The molecule has 0 aromatic heterocycles. The van der Waals surface area contributed by atoms with Crippen LogP contribution in [0.5, 0.6) is 0 Å². The Morgan fingerprint density at radius 3 is 2.62 bits per heavy atom. The molecule has 2 heterocycles. The number of para-hydroxylation sites is 1. The van der Waals surface area contributed by atoms with E-state index in [1.165, 1.54) is 0 Å². The molecule has 2 amide bonds. The van der Waals surface area contributed by atoms with Gasteiger partial charge in [-0.25, -0.2) is 9.63 Å². The molecule has 4 rings (SSSR count). The van der Waals surface area contributed by atoms with Gasteiger partial charge >= 0.3 is 6.09 Å². The van der Waals surface area contributed by atoms with Crippen LogP contribution in [0.2, 0.25) is 0 Å². The predicted octanol–water partition coefficient (Wildman–Crippen LogP) is 0.652. The van der Waals surface area contributed by atoms with Crippen molar-refractivity contribution < 1.29 is 34.9 Å². The van der Waals surface area contributed by atoms with Crippen molar-refractivity contribution in [1.82, 2.24) is 5.32 Å². The van der Waals surface area contributed by atoms with E-state index in [0.29, 0.717) is 12.2 Å². The van der Waals surface area contributed by atoms with E-state index in [1.807, 2.05) is 30.3 Å². The zero-order valence-corrected chi connectivity index (χ0v) is 19.1. The maximum Gasteiger partial charge on any atom is 0.414 e. The molecule has 5 N–H and O–H groups in total. The van der Waals surface area contributed by atoms with Gasteiger partial charge in [0.2, 0.25) is 0 Å². The van der Waals surface area contributed by atoms with E-state index in [4.69, 9.17) is 9.57 Å². The summed E-state index contributed by atoms with van der Waals surface area (Å²) in [5.41, 5.74) is 5.61. The minimum Gasteiger partial charge on any atom is -0.444 e. The average molecular weight is 472 g/mol. The molecule has 10 nitrogen and oxygen atoms in total. The van der Waals surface area contributed by atoms with Gasteiger partial charge in [0.15, 0.2) is 5.69 Å². The van der Waals surface area contributed by atoms with Crippen LogP contribution in [0, 0.1) is 0 Å². The molecular weight excluding hydrogens is 440 g/mol. The summed E-state index contributed by atoms with van der Waals surface area (Å²) < 4.78 is 5.39. The van der Waals surface area contributed by atoms with E-state index in [2.05, 4.69) is 10.2 Å². The predicted molar refractivity (Wildman–Crippen MR) is 125 cm³/mol. The minimum absolute atomic E-state index is 0.0407. The number of carbonyl (C=O) groups excluding carboxylic acids is 2. The lowest BCUT2D eigenvalue weighted by Gasteiger charge is -2.40. The summed E-state index contributed by atoms with van der Waals surface area (Å²) in [5.74, 6) is -0.383. The third-order valence-electron chi connectivity index (χ3n) is 6.28. The molecule has 34 heavy (non-hydrogen) atoms. The molecule has 0 spiro atoms. The number of quaternary nitrogens is 1. The summed E-state index contributed by atoms with van der Waals surface area (Å²) in [6.45, 7) is 1.06. The minimum atomic E-state index is -0.715. The SMILES string of the molecule is CO[NH2+]c1cc(C(=O)NC(CO)CO)ccc1N1CCC(N2C(=O)OCc3ccccc32)CC1. The number of amides is 2. The van der Waals surface area contributed by atoms with Gasteiger partial charge in [0.25, 0.3) is 5.91 Å². The van der Waals surface area contributed by atoms with Gasteiger partial charge in [-0.1, -0.05) is 18.2 Å². The lowest BCUT2D eigenvalue weighted by molar-refractivity contribution is -0.829. The number of anilines is 2. The first-order valence-corrected chi connectivity index (χ1v) is 11.4. The van der Waals surface area contributed by atoms with Crippen molar-refractivity contribution in [3.63, 3.8) is 0 Å². The number of nitrogens with one attached hydrogen (secondary N) is 1. The van der Waals surface area contributed by atoms with E-state index in [1.54, 1.807) is 29.6 Å². The first-order valence-electron chi connectivity index (χ1n) is 11.4. The van der Waals surface area contributed by atoms with Crippen LogP contribution in [0.4, 0.5) is 21.9 Å². The molecular formula is C24H31N4O6+. The lowest BCUT2D eigenvalue weighted by atomic mass is 9.99. The van der Waals surface area contributed by atoms with Crippen molar-refractivity contribution >= 4 is 29.1 Å². The highest BCUT2D eigenvalue weighted by atomic mass is 16.6. The number of hydrogen-bond donors (Lipinski definition) is 4. The second-order valence-corrected chi connectivity index (χ2v) is 8.43. The van der Waals surface area contributed by atoms with Crippen LogP contribution in [0.15, 0.2) is 42.5 Å². The molecule has 0 aliphatic carbocycles. The normalized spacial score (nSPS) is 16.4. The molecule has 2 aromatic carbocycles. The number of benzene rings is 2. The van der Waals surface area contributed by atoms with Gasteiger partial charge in [-0.2, -0.15) is 5.48 Å². The maximum atomic E-state index is 12.6. The van der Waals surface area contributed by atoms with Crippen LogP contribution in [0.1, 0.15) is 28.8 Å². The highest BCUT2D eigenvalue weighted by Gasteiger charge is 2.34. The third kappa shape index (κ3) is 5.00. The number of aliphatic hydroxyl groups excluding tert-OH is 2. The number of hydrogen-bond acceptors (Lipinski definition) is 7. The number of carbonyl (C=O) groups is 2. The molecule has 2 aliphatic heterocycles. The Hall–Kier alpha value is -3.18. The fourth-order valence-corrected chi connectivity index (χ4v) is 4.51. The van der Waals surface area contributed by atoms with Crippen LogP contribution < -0.4 is 20.6 Å². The summed E-state index contributed by atoms with van der Waals surface area (Å²) in [6.07, 6.45) is 1.24. The van der Waals surface area contributed by atoms with Crippen molar-refractivity contribution in [2.75, 3.05) is 43.2 Å². The number of nitrogens with two attached hydrogens (primary N) is 1. The van der Waals surface area contributed by atoms with Gasteiger partial charge in [0.1, 0.15) is 12.3 Å². The summed E-state index contributed by atoms with van der Waals surface area (Å²) >= 11 is 0. The fraction of sp³-hybridized carbons (Fsp3) is 0.417. The number of rotatable bonds is 8. The average Bonchev–Trinajstić information content (AvgIpc) is 2.87. The van der Waals surface area contributed by atoms with Gasteiger partial charge in [-0.3, -0.25) is 9.69 Å². The molecule has 0 unspecified atom stereocenters. The molecule has 1 saturated heterocycles. The topological polar surface area (TPSA) is 128 Å². The Bertz CT molecular complexity index is 1020. The molecule has 2 aliphatic rings. The summed E-state index contributed by atoms with van der Waals surface area (Å²) in [5, 5.41) is 21.0. The quantitative estimate of drug-likeness (QED) is 0.329. The van der Waals surface area contributed by atoms with Crippen LogP contribution in [-0.4, -0.2) is 67.7 Å². The molecule has 0 bridgehead atoms. The summed E-state index contributed by atoms with van der Waals surface area (Å²) in [6, 6.07) is 12.5. The first-order chi connectivity index (χ1) is 16.5. The number of piperidine rings is 1. The van der Waals surface area contributed by atoms with Crippen molar-refractivity contribution in [2.45, 2.75) is 31.5 Å². The van der Waals surface area contributed by atoms with Crippen molar-refractivity contribution in [3.05, 3.63) is 53.6 Å². The highest BCUT2D eigenvalue weighted by Crippen LogP contribution is 2.33. The Morgan fingerprint density at radius 2 is 1.91 bits per heavy atom. The van der Waals surface area contributed by atoms with Crippen LogP contribution in [0.25, 0.3) is 0 Å². The van der Waals surface area contributed by atoms with Crippen LogP contribution in [0.3, 0.4) is 0 Å². The standard InChI is InChI=1S/C24H30N4O6/c1-33-26-20-12-16(23(31)25-18(13-29)14-30)6-7-22(20)27-10-8-19(9-11-27)28-21-5-3-2-4-17(21)15-34-24(28)32/h2-7,12,18-19,26,29-30H,8-11,13-15H2,1H3,(H,25,31)/p+1. The van der Waals surface area contributed by atoms with E-state index >= 15 is 0 Å². The van der Waals surface area contributed by atoms with E-state index in [-0.39, 0.29) is 31.3 Å². The fourth-order valence-electron chi connectivity index (χ4n) is 4.51. The van der Waals surface area contributed by atoms with E-state index in [9.17, 15) is 19.8 Å². The van der Waals surface area contributed by atoms with Crippen molar-refractivity contribution in [2.24, 2.45) is 0 Å². The van der Waals surface area contributed by atoms with E-state index in [0.717, 1.165) is 48.6 Å². The zero-order valence-electron chi connectivity index (χ0n) is 19.1. The van der Waals surface area contributed by atoms with Gasteiger partial charge in [-0.05, 0) is 31.0 Å². The lowest BCUT2D eigenvalue weighted by Crippen LogP contribution is -2.76. The molecule has 10 heteroatoms. The van der Waals surface area contributed by atoms with Gasteiger partial charge in [0, 0.05) is 36.3 Å². The van der Waals surface area contributed by atoms with Crippen LogP contribution >= 0.6 is 0 Å². The second kappa shape index (κ2) is 10.8. The van der Waals surface area contributed by atoms with Crippen LogP contribution in [-0.2, 0) is 16.2 Å². The highest BCUT2D eigenvalue weighted by molar-refractivity contribution is 5.96. The van der Waals surface area contributed by atoms with Crippen molar-refractivity contribution in [3.8, 4) is 0 Å². The number of nitrogens with zero attached hydrogens (tertiary/aromatic N) is 2. The molecule has 0 atom stereocenters. The number of ether oxygens (including phenoxy) is 1. The zero-order chi connectivity index (χ0) is 24.1. The Kier molecular flexibility index (Phi) is 7.63. The molecule has 0 radical (unpaired) electrons. The monoisotopic (exact) mass is 471 g/mol. The molecule has 0 saturated carbocycles. The Balaban J connectivity index is 1.48. The number of aliphatic hydroxyl groups is 2. The van der Waals surface area contributed by atoms with Gasteiger partial charge in [0.05, 0.1) is 32.1 Å². The molecule has 2 aromatic rings. The molecule has 182 valence electrons. The number of fused-ring (bicyclic) bond motifs is 1. The first kappa shape index (κ1) is 24.0. The Morgan fingerprint density at radius 1 is 1.18 bits per heavy atom. The Labute approximate surface area is 198 Å². The maximum absolute atomic E-state index is 12.6. The molecule has 1 fully saturated rings. The summed E-state index contributed by atoms with van der Waals surface area (Å²) in [4.78, 5) is 34.3. The largest absolute Gasteiger partial charge is 0.444 e. The summed E-state index contributed by atoms with van der Waals surface area (Å²) in [7, 11) is 1.55. The van der Waals surface area contributed by atoms with E-state index < -0.39 is 6.04 Å². The number of cyclic esters (lactones) is 1. The third-order valence-corrected chi connectivity index (χ3v) is 6.28. The second-order valence-electron chi connectivity index (χ2n) is 8.43.